The smallest absolute Gasteiger partial charge is 0.488 e. The van der Waals surface area contributed by atoms with Gasteiger partial charge in [-0.3, -0.25) is 24.1 Å². The summed E-state index contributed by atoms with van der Waals surface area (Å²) in [7, 11) is -1.75. The number of amides is 2. The van der Waals surface area contributed by atoms with Gasteiger partial charge in [-0.2, -0.15) is 0 Å². The number of carbonyl (C=O) groups is 4. The maximum Gasteiger partial charge on any atom is 0.488 e. The van der Waals surface area contributed by atoms with Gasteiger partial charge < -0.3 is 15.2 Å². The van der Waals surface area contributed by atoms with Crippen molar-refractivity contribution in [1.29, 1.82) is 0 Å². The second kappa shape index (κ2) is 9.25. The number of phenols is 1. The summed E-state index contributed by atoms with van der Waals surface area (Å²) in [4.78, 5) is 55.5. The van der Waals surface area contributed by atoms with Crippen LogP contribution in [0.4, 0.5) is 5.69 Å². The molecular weight excluding hydrogens is 509 g/mol. The zero-order valence-electron chi connectivity index (χ0n) is 22.3. The predicted octanol–water partition coefficient (Wildman–Crippen LogP) is 2.32. The minimum atomic E-state index is -1.75. The maximum atomic E-state index is 14.0. The minimum Gasteiger partial charge on any atom is -0.507 e. The van der Waals surface area contributed by atoms with Crippen molar-refractivity contribution in [2.45, 2.75) is 39.5 Å². The SMILES string of the molecule is CC1=CC(=O)C2=C(C1=O)[C@@H](c1cc(C)c(O)c(C)c1)C1=CC[C@@H]3C(=O)N(c4cccc(B(O)O)c4)C(=O)[C@@H]3[C@@H]1C2. The van der Waals surface area contributed by atoms with Crippen LogP contribution >= 0.6 is 0 Å². The third-order valence-corrected chi connectivity index (χ3v) is 8.84. The van der Waals surface area contributed by atoms with Crippen molar-refractivity contribution in [1.82, 2.24) is 0 Å². The molecule has 1 fully saturated rings. The minimum absolute atomic E-state index is 0.158. The van der Waals surface area contributed by atoms with Gasteiger partial charge in [0.05, 0.1) is 17.5 Å². The molecule has 0 aromatic heterocycles. The second-order valence-electron chi connectivity index (χ2n) is 11.2. The lowest BCUT2D eigenvalue weighted by Crippen LogP contribution is -2.40. The van der Waals surface area contributed by atoms with Gasteiger partial charge in [0.2, 0.25) is 11.8 Å². The van der Waals surface area contributed by atoms with Gasteiger partial charge in [-0.15, -0.1) is 0 Å². The van der Waals surface area contributed by atoms with E-state index in [-0.39, 0.29) is 40.8 Å². The topological polar surface area (TPSA) is 132 Å². The number of hydrogen-bond donors (Lipinski definition) is 3. The van der Waals surface area contributed by atoms with E-state index >= 15 is 0 Å². The number of allylic oxidation sites excluding steroid dienone is 6. The second-order valence-corrected chi connectivity index (χ2v) is 11.2. The average molecular weight is 537 g/mol. The summed E-state index contributed by atoms with van der Waals surface area (Å²) in [5.74, 6) is -3.52. The highest BCUT2D eigenvalue weighted by atomic mass is 16.4. The van der Waals surface area contributed by atoms with Crippen LogP contribution in [0.5, 0.6) is 5.75 Å². The number of ketones is 2. The molecule has 0 bridgehead atoms. The summed E-state index contributed by atoms with van der Waals surface area (Å²) in [6.07, 6.45) is 3.77. The molecule has 0 radical (unpaired) electrons. The molecule has 2 aromatic rings. The molecule has 4 aliphatic rings. The van der Waals surface area contributed by atoms with Crippen LogP contribution in [0.15, 0.2) is 70.8 Å². The number of imide groups is 1. The van der Waals surface area contributed by atoms with Crippen molar-refractivity contribution in [3.05, 3.63) is 87.5 Å². The lowest BCUT2D eigenvalue weighted by Gasteiger charge is -2.42. The quantitative estimate of drug-likeness (QED) is 0.237. The van der Waals surface area contributed by atoms with Crippen LogP contribution in [0.1, 0.15) is 42.4 Å². The number of phenolic OH excluding ortho intramolecular Hbond substituents is 1. The van der Waals surface area contributed by atoms with E-state index in [0.717, 1.165) is 16.0 Å². The van der Waals surface area contributed by atoms with Gasteiger partial charge in [0.25, 0.3) is 0 Å². The molecule has 3 aliphatic carbocycles. The highest BCUT2D eigenvalue weighted by Crippen LogP contribution is 2.55. The molecule has 2 aromatic carbocycles. The van der Waals surface area contributed by atoms with Crippen LogP contribution in [0.2, 0.25) is 0 Å². The third kappa shape index (κ3) is 3.76. The first-order valence-electron chi connectivity index (χ1n) is 13.3. The number of aromatic hydroxyl groups is 1. The van der Waals surface area contributed by atoms with E-state index < -0.39 is 36.7 Å². The molecule has 4 atom stereocenters. The molecule has 0 spiro atoms. The fourth-order valence-corrected chi connectivity index (χ4v) is 6.98. The molecule has 1 aliphatic heterocycles. The summed E-state index contributed by atoms with van der Waals surface area (Å²) >= 11 is 0. The molecule has 2 amide bonds. The van der Waals surface area contributed by atoms with Gasteiger partial charge in [-0.05, 0) is 79.9 Å². The van der Waals surface area contributed by atoms with Crippen molar-refractivity contribution in [3.63, 3.8) is 0 Å². The van der Waals surface area contributed by atoms with E-state index in [9.17, 15) is 34.3 Å². The molecule has 0 unspecified atom stereocenters. The van der Waals surface area contributed by atoms with E-state index in [0.29, 0.717) is 34.3 Å². The fourth-order valence-electron chi connectivity index (χ4n) is 6.98. The summed E-state index contributed by atoms with van der Waals surface area (Å²) in [6, 6.07) is 9.68. The van der Waals surface area contributed by atoms with Crippen LogP contribution in [-0.4, -0.2) is 45.7 Å². The Morgan fingerprint density at radius 1 is 0.925 bits per heavy atom. The number of carbonyl (C=O) groups excluding carboxylic acids is 4. The molecule has 8 nitrogen and oxygen atoms in total. The van der Waals surface area contributed by atoms with Crippen LogP contribution < -0.4 is 10.4 Å². The lowest BCUT2D eigenvalue weighted by atomic mass is 9.59. The zero-order chi connectivity index (χ0) is 28.6. The monoisotopic (exact) mass is 537 g/mol. The summed E-state index contributed by atoms with van der Waals surface area (Å²) in [5.41, 5.74) is 4.43. The Morgan fingerprint density at radius 2 is 1.62 bits per heavy atom. The van der Waals surface area contributed by atoms with Crippen molar-refractivity contribution in [2.24, 2.45) is 17.8 Å². The van der Waals surface area contributed by atoms with E-state index in [2.05, 4.69) is 0 Å². The number of fused-ring (bicyclic) bond motifs is 3. The Morgan fingerprint density at radius 3 is 2.30 bits per heavy atom. The van der Waals surface area contributed by atoms with Crippen LogP contribution in [-0.2, 0) is 19.2 Å². The first-order valence-corrected chi connectivity index (χ1v) is 13.3. The third-order valence-electron chi connectivity index (χ3n) is 8.84. The van der Waals surface area contributed by atoms with Gasteiger partial charge in [0.1, 0.15) is 5.75 Å². The predicted molar refractivity (Wildman–Crippen MR) is 148 cm³/mol. The summed E-state index contributed by atoms with van der Waals surface area (Å²) < 4.78 is 0. The molecule has 202 valence electrons. The van der Waals surface area contributed by atoms with E-state index in [1.165, 1.54) is 18.2 Å². The Kier molecular flexibility index (Phi) is 6.05. The van der Waals surface area contributed by atoms with Crippen LogP contribution in [0.3, 0.4) is 0 Å². The molecule has 40 heavy (non-hydrogen) atoms. The summed E-state index contributed by atoms with van der Waals surface area (Å²) in [5, 5.41) is 29.7. The Hall–Kier alpha value is -4.08. The van der Waals surface area contributed by atoms with Gasteiger partial charge in [0, 0.05) is 22.6 Å². The van der Waals surface area contributed by atoms with Crippen LogP contribution in [0.25, 0.3) is 0 Å². The van der Waals surface area contributed by atoms with E-state index in [4.69, 9.17) is 0 Å². The summed E-state index contributed by atoms with van der Waals surface area (Å²) in [6.45, 7) is 5.18. The van der Waals surface area contributed by atoms with Crippen molar-refractivity contribution < 1.29 is 34.3 Å². The van der Waals surface area contributed by atoms with Gasteiger partial charge in [-0.25, -0.2) is 0 Å². The first-order chi connectivity index (χ1) is 19.0. The fraction of sp³-hybridized carbons (Fsp3) is 0.290. The highest BCUT2D eigenvalue weighted by Gasteiger charge is 2.56. The van der Waals surface area contributed by atoms with Gasteiger partial charge >= 0.3 is 7.12 Å². The van der Waals surface area contributed by atoms with Crippen molar-refractivity contribution >= 4 is 41.6 Å². The molecule has 0 saturated carbocycles. The number of Topliss-reactive ketones (excluding diaryl/α,β-unsaturated/α-hetero) is 1. The maximum absolute atomic E-state index is 14.0. The van der Waals surface area contributed by atoms with Crippen molar-refractivity contribution in [2.75, 3.05) is 4.90 Å². The highest BCUT2D eigenvalue weighted by molar-refractivity contribution is 6.58. The number of nitrogens with zero attached hydrogens (tertiary/aromatic N) is 1. The molecule has 1 saturated heterocycles. The van der Waals surface area contributed by atoms with E-state index in [1.54, 1.807) is 32.9 Å². The van der Waals surface area contributed by atoms with E-state index in [1.807, 2.05) is 18.2 Å². The number of aryl methyl sites for hydroxylation is 2. The first kappa shape index (κ1) is 26.2. The molecule has 9 heteroatoms. The average Bonchev–Trinajstić information content (AvgIpc) is 3.18. The van der Waals surface area contributed by atoms with Crippen molar-refractivity contribution in [3.8, 4) is 5.75 Å². The normalized spacial score (nSPS) is 25.9. The Balaban J connectivity index is 1.49. The zero-order valence-corrected chi connectivity index (χ0v) is 22.3. The molecule has 1 heterocycles. The van der Waals surface area contributed by atoms with Crippen LogP contribution in [0, 0.1) is 31.6 Å². The number of benzene rings is 2. The standard InChI is InChI=1S/C31H28BNO7/c1-14-9-17(10-15(2)28(14)35)25-20-7-8-21-26(22(20)13-23-24(34)11-16(3)29(36)27(23)25)31(38)33(30(21)37)19-6-4-5-18(12-19)32(39)40/h4-7,9-12,21-22,25-26,35,39-40H,8,13H2,1-3H3/t21-,22+,25-,26-/m0/s1. The molecular formula is C31H28BNO7. The number of rotatable bonds is 3. The largest absolute Gasteiger partial charge is 0.507 e. The molecule has 3 N–H and O–H groups in total. The number of anilines is 1. The van der Waals surface area contributed by atoms with Gasteiger partial charge in [0.15, 0.2) is 11.6 Å². The Labute approximate surface area is 231 Å². The number of hydrogen-bond acceptors (Lipinski definition) is 7. The molecule has 6 rings (SSSR count). The lowest BCUT2D eigenvalue weighted by molar-refractivity contribution is -0.123. The van der Waals surface area contributed by atoms with Gasteiger partial charge in [-0.1, -0.05) is 35.9 Å². The Bertz CT molecular complexity index is 1610.